The van der Waals surface area contributed by atoms with Crippen molar-refractivity contribution in [3.8, 4) is 0 Å². The van der Waals surface area contributed by atoms with Gasteiger partial charge in [-0.1, -0.05) is 0 Å². The number of alkyl halides is 3. The van der Waals surface area contributed by atoms with Gasteiger partial charge in [0.15, 0.2) is 0 Å². The quantitative estimate of drug-likeness (QED) is 0.840. The van der Waals surface area contributed by atoms with Crippen molar-refractivity contribution in [1.29, 1.82) is 0 Å². The Morgan fingerprint density at radius 1 is 1.62 bits per heavy atom. The van der Waals surface area contributed by atoms with Crippen LogP contribution in [-0.4, -0.2) is 4.98 Å². The molecule has 72 valence electrons. The van der Waals surface area contributed by atoms with Gasteiger partial charge < -0.3 is 5.73 Å². The predicted molar refractivity (Wildman–Crippen MR) is 50.9 cm³/mol. The summed E-state index contributed by atoms with van der Waals surface area (Å²) in [6.07, 6.45) is -1.44. The van der Waals surface area contributed by atoms with E-state index in [1.165, 1.54) is 6.20 Å². The van der Waals surface area contributed by atoms with E-state index in [4.69, 9.17) is 17.3 Å². The van der Waals surface area contributed by atoms with Crippen molar-refractivity contribution in [2.45, 2.75) is 12.3 Å². The highest BCUT2D eigenvalue weighted by Crippen LogP contribution is 2.33. The smallest absolute Gasteiger partial charge is 0.267 e. The van der Waals surface area contributed by atoms with E-state index in [2.05, 4.69) is 20.9 Å². The maximum atomic E-state index is 12.4. The first-order valence-electron chi connectivity index (χ1n) is 3.34. The van der Waals surface area contributed by atoms with Crippen LogP contribution in [0.3, 0.4) is 0 Å². The van der Waals surface area contributed by atoms with E-state index in [0.29, 0.717) is 5.69 Å². The molecule has 0 fully saturated rings. The second-order valence-corrected chi connectivity index (χ2v) is 3.38. The van der Waals surface area contributed by atoms with Crippen LogP contribution in [0.5, 0.6) is 0 Å². The molecule has 2 nitrogen and oxygen atoms in total. The fourth-order valence-corrected chi connectivity index (χ4v) is 1.88. The lowest BCUT2D eigenvalue weighted by Gasteiger charge is -2.08. The van der Waals surface area contributed by atoms with E-state index < -0.39 is 6.43 Å². The molecule has 0 radical (unpaired) electrons. The molecule has 0 aromatic carbocycles. The lowest BCUT2D eigenvalue weighted by molar-refractivity contribution is 0.151. The van der Waals surface area contributed by atoms with Crippen LogP contribution in [0.25, 0.3) is 0 Å². The second kappa shape index (κ2) is 4.19. The molecule has 0 amide bonds. The molecule has 0 saturated heterocycles. The molecule has 0 saturated carbocycles. The largest absolute Gasteiger partial charge is 0.397 e. The van der Waals surface area contributed by atoms with Crippen LogP contribution in [0.4, 0.5) is 14.5 Å². The summed E-state index contributed by atoms with van der Waals surface area (Å²) in [6.45, 7) is 0. The second-order valence-electron chi connectivity index (χ2n) is 2.32. The summed E-state index contributed by atoms with van der Waals surface area (Å²) in [5.41, 5.74) is 5.42. The monoisotopic (exact) mass is 270 g/mol. The minimum Gasteiger partial charge on any atom is -0.397 e. The van der Waals surface area contributed by atoms with E-state index in [-0.39, 0.29) is 21.6 Å². The first-order chi connectivity index (χ1) is 6.07. The van der Waals surface area contributed by atoms with E-state index in [1.54, 1.807) is 0 Å². The van der Waals surface area contributed by atoms with Gasteiger partial charge in [0.2, 0.25) is 0 Å². The zero-order valence-electron chi connectivity index (χ0n) is 6.40. The highest BCUT2D eigenvalue weighted by molar-refractivity contribution is 9.10. The molecule has 1 heterocycles. The molecule has 2 N–H and O–H groups in total. The van der Waals surface area contributed by atoms with Gasteiger partial charge in [-0.15, -0.1) is 11.6 Å². The summed E-state index contributed by atoms with van der Waals surface area (Å²) in [6, 6.07) is 0. The Morgan fingerprint density at radius 2 is 2.23 bits per heavy atom. The highest BCUT2D eigenvalue weighted by Gasteiger charge is 2.18. The molecular formula is C7H6BrClF2N2. The Labute approximate surface area is 87.2 Å². The highest BCUT2D eigenvalue weighted by atomic mass is 79.9. The standard InChI is InChI=1S/C7H6BrClF2N2/c8-6-4(1-9)13-2-3(12)5(6)7(10)11/h2,7H,1,12H2. The number of rotatable bonds is 2. The fourth-order valence-electron chi connectivity index (χ4n) is 0.871. The zero-order chi connectivity index (χ0) is 10.0. The summed E-state index contributed by atoms with van der Waals surface area (Å²) in [7, 11) is 0. The molecule has 6 heteroatoms. The lowest BCUT2D eigenvalue weighted by Crippen LogP contribution is -2.01. The summed E-state index contributed by atoms with van der Waals surface area (Å²) in [4.78, 5) is 3.80. The van der Waals surface area contributed by atoms with Gasteiger partial charge in [0, 0.05) is 0 Å². The van der Waals surface area contributed by atoms with E-state index in [9.17, 15) is 8.78 Å². The number of hydrogen-bond donors (Lipinski definition) is 1. The molecule has 0 unspecified atom stereocenters. The molecule has 0 aliphatic rings. The van der Waals surface area contributed by atoms with E-state index in [1.807, 2.05) is 0 Å². The zero-order valence-corrected chi connectivity index (χ0v) is 8.74. The van der Waals surface area contributed by atoms with Crippen LogP contribution < -0.4 is 5.73 Å². The third-order valence-corrected chi connectivity index (χ3v) is 2.64. The molecule has 0 aliphatic carbocycles. The molecule has 13 heavy (non-hydrogen) atoms. The minimum atomic E-state index is -2.63. The number of nitrogen functional groups attached to an aromatic ring is 1. The SMILES string of the molecule is Nc1cnc(CCl)c(Br)c1C(F)F. The normalized spacial score (nSPS) is 10.8. The van der Waals surface area contributed by atoms with Gasteiger partial charge in [0.25, 0.3) is 6.43 Å². The van der Waals surface area contributed by atoms with Crippen LogP contribution in [-0.2, 0) is 5.88 Å². The molecule has 1 rings (SSSR count). The number of anilines is 1. The Kier molecular flexibility index (Phi) is 3.44. The summed E-state index contributed by atoms with van der Waals surface area (Å²) in [5.74, 6) is 0.0700. The van der Waals surface area contributed by atoms with Crippen LogP contribution in [0, 0.1) is 0 Å². The van der Waals surface area contributed by atoms with Crippen molar-refractivity contribution in [3.63, 3.8) is 0 Å². The molecule has 1 aromatic rings. The van der Waals surface area contributed by atoms with Crippen LogP contribution >= 0.6 is 27.5 Å². The van der Waals surface area contributed by atoms with Gasteiger partial charge in [-0.2, -0.15) is 0 Å². The number of aromatic nitrogens is 1. The Bertz CT molecular complexity index is 320. The van der Waals surface area contributed by atoms with Crippen LogP contribution in [0.1, 0.15) is 17.7 Å². The van der Waals surface area contributed by atoms with Crippen LogP contribution in [0.2, 0.25) is 0 Å². The van der Waals surface area contributed by atoms with Gasteiger partial charge in [0.1, 0.15) is 0 Å². The average Bonchev–Trinajstić information content (AvgIpc) is 2.04. The van der Waals surface area contributed by atoms with Gasteiger partial charge in [-0.3, -0.25) is 4.98 Å². The summed E-state index contributed by atoms with van der Waals surface area (Å²) in [5, 5.41) is 0. The number of nitrogens with zero attached hydrogens (tertiary/aromatic N) is 1. The minimum absolute atomic E-state index is 0.0317. The third kappa shape index (κ3) is 2.08. The van der Waals surface area contributed by atoms with Crippen LogP contribution in [0.15, 0.2) is 10.7 Å². The van der Waals surface area contributed by atoms with Crippen molar-refractivity contribution in [3.05, 3.63) is 21.9 Å². The van der Waals surface area contributed by atoms with Crippen molar-refractivity contribution >= 4 is 33.2 Å². The maximum absolute atomic E-state index is 12.4. The van der Waals surface area contributed by atoms with Gasteiger partial charge in [0.05, 0.1) is 33.5 Å². The van der Waals surface area contributed by atoms with Crippen molar-refractivity contribution in [1.82, 2.24) is 4.98 Å². The topological polar surface area (TPSA) is 38.9 Å². The fraction of sp³-hybridized carbons (Fsp3) is 0.286. The first kappa shape index (κ1) is 10.7. The van der Waals surface area contributed by atoms with Gasteiger partial charge in [-0.25, -0.2) is 8.78 Å². The molecule has 0 bridgehead atoms. The Hall–Kier alpha value is -0.420. The van der Waals surface area contributed by atoms with Crippen molar-refractivity contribution < 1.29 is 8.78 Å². The van der Waals surface area contributed by atoms with Crippen molar-refractivity contribution in [2.75, 3.05) is 5.73 Å². The number of halogens is 4. The van der Waals surface area contributed by atoms with E-state index >= 15 is 0 Å². The average molecular weight is 271 g/mol. The maximum Gasteiger partial charge on any atom is 0.267 e. The van der Waals surface area contributed by atoms with Crippen molar-refractivity contribution in [2.24, 2.45) is 0 Å². The number of pyridine rings is 1. The molecular weight excluding hydrogens is 265 g/mol. The van der Waals surface area contributed by atoms with Gasteiger partial charge >= 0.3 is 0 Å². The number of nitrogens with two attached hydrogens (primary N) is 1. The summed E-state index contributed by atoms with van der Waals surface area (Å²) >= 11 is 8.47. The predicted octanol–water partition coefficient (Wildman–Crippen LogP) is 3.10. The molecule has 0 atom stereocenters. The lowest BCUT2D eigenvalue weighted by atomic mass is 10.2. The first-order valence-corrected chi connectivity index (χ1v) is 4.67. The summed E-state index contributed by atoms with van der Waals surface area (Å²) < 4.78 is 25.0. The molecule has 1 aromatic heterocycles. The Balaban J connectivity index is 3.30. The van der Waals surface area contributed by atoms with Gasteiger partial charge in [-0.05, 0) is 15.9 Å². The Morgan fingerprint density at radius 3 is 2.69 bits per heavy atom. The molecule has 0 aliphatic heterocycles. The molecule has 0 spiro atoms. The number of hydrogen-bond acceptors (Lipinski definition) is 2. The van der Waals surface area contributed by atoms with E-state index in [0.717, 1.165) is 0 Å². The third-order valence-electron chi connectivity index (χ3n) is 1.51.